The van der Waals surface area contributed by atoms with Crippen molar-refractivity contribution in [1.29, 1.82) is 0 Å². The van der Waals surface area contributed by atoms with E-state index in [1.165, 1.54) is 5.56 Å². The molecule has 0 saturated heterocycles. The molecule has 1 fully saturated rings. The van der Waals surface area contributed by atoms with E-state index in [4.69, 9.17) is 20.6 Å². The number of amides is 1. The average Bonchev–Trinajstić information content (AvgIpc) is 2.78. The third kappa shape index (κ3) is 5.16. The number of nitrogen functional groups attached to an aromatic ring is 1. The van der Waals surface area contributed by atoms with Gasteiger partial charge >= 0.3 is 0 Å². The lowest BCUT2D eigenvalue weighted by atomic mass is 9.77. The van der Waals surface area contributed by atoms with Gasteiger partial charge in [0.25, 0.3) is 0 Å². The Bertz CT molecular complexity index is 1040. The molecule has 0 radical (unpaired) electrons. The summed E-state index contributed by atoms with van der Waals surface area (Å²) in [6, 6.07) is 8.63. The van der Waals surface area contributed by atoms with Crippen LogP contribution < -0.4 is 15.8 Å². The van der Waals surface area contributed by atoms with Crippen molar-refractivity contribution in [2.45, 2.75) is 64.4 Å². The Morgan fingerprint density at radius 2 is 1.88 bits per heavy atom. The van der Waals surface area contributed by atoms with Gasteiger partial charge in [0.2, 0.25) is 11.8 Å². The fourth-order valence-electron chi connectivity index (χ4n) is 4.86. The van der Waals surface area contributed by atoms with Gasteiger partial charge < -0.3 is 20.9 Å². The van der Waals surface area contributed by atoms with Crippen LogP contribution in [0.1, 0.15) is 68.8 Å². The summed E-state index contributed by atoms with van der Waals surface area (Å²) in [7, 11) is 0. The van der Waals surface area contributed by atoms with Crippen LogP contribution in [0.25, 0.3) is 0 Å². The summed E-state index contributed by atoms with van der Waals surface area (Å²) in [4.78, 5) is 24.6. The van der Waals surface area contributed by atoms with E-state index >= 15 is 0 Å². The molecule has 2 heterocycles. The van der Waals surface area contributed by atoms with Crippen molar-refractivity contribution in [3.8, 4) is 5.88 Å². The highest BCUT2D eigenvalue weighted by Crippen LogP contribution is 2.40. The minimum absolute atomic E-state index is 0.297. The molecular weight excluding hydrogens is 418 g/mol. The fourth-order valence-corrected chi connectivity index (χ4v) is 4.86. The molecule has 0 unspecified atom stereocenters. The number of hydrogen-bond donors (Lipinski definition) is 3. The molecule has 4 N–H and O–H groups in total. The van der Waals surface area contributed by atoms with Crippen LogP contribution in [0.3, 0.4) is 0 Å². The van der Waals surface area contributed by atoms with E-state index in [1.807, 2.05) is 13.8 Å². The number of nitrogens with two attached hydrogens (primary N) is 1. The van der Waals surface area contributed by atoms with Crippen molar-refractivity contribution < 1.29 is 14.6 Å². The maximum Gasteiger partial charge on any atom is 0.246 e. The lowest BCUT2D eigenvalue weighted by Crippen LogP contribution is -2.41. The Balaban J connectivity index is 1.42. The van der Waals surface area contributed by atoms with Crippen molar-refractivity contribution in [2.75, 3.05) is 18.9 Å². The summed E-state index contributed by atoms with van der Waals surface area (Å²) in [5.74, 6) is 2.20. The Morgan fingerprint density at radius 1 is 1.18 bits per heavy atom. The highest BCUT2D eigenvalue weighted by molar-refractivity contribution is 6.09. The SMILES string of the molecule is Cc1nc(N)c2c(n1)OC(C)(C)C(c1ccc([C@H]3CC[C@H](CCNC(=O)CO)CC3)cc1)=N2. The van der Waals surface area contributed by atoms with Gasteiger partial charge in [0, 0.05) is 12.1 Å². The minimum atomic E-state index is -0.634. The first kappa shape index (κ1) is 23.2. The van der Waals surface area contributed by atoms with Crippen LogP contribution >= 0.6 is 0 Å². The Morgan fingerprint density at radius 3 is 2.55 bits per heavy atom. The molecular formula is C25H33N5O3. The molecule has 1 amide bonds. The predicted molar refractivity (Wildman–Crippen MR) is 128 cm³/mol. The molecule has 0 spiro atoms. The van der Waals surface area contributed by atoms with E-state index in [0.29, 0.717) is 41.6 Å². The van der Waals surface area contributed by atoms with Gasteiger partial charge in [0.1, 0.15) is 18.0 Å². The standard InChI is InChI=1S/C25H33N5O3/c1-15-28-23(26)21-24(29-15)33-25(2,3)22(30-21)19-10-8-18(9-11-19)17-6-4-16(5-7-17)12-13-27-20(32)14-31/h8-11,16-17,31H,4-7,12-14H2,1-3H3,(H,27,32)(H2,26,28,29)/t16-,17-. The number of aliphatic imine (C=N–C) groups is 1. The number of aromatic nitrogens is 2. The number of aliphatic hydroxyl groups excluding tert-OH is 1. The molecule has 1 aromatic carbocycles. The monoisotopic (exact) mass is 451 g/mol. The summed E-state index contributed by atoms with van der Waals surface area (Å²) in [5, 5.41) is 11.5. The molecule has 2 aliphatic rings. The number of nitrogens with one attached hydrogen (secondary N) is 1. The van der Waals surface area contributed by atoms with E-state index in [9.17, 15) is 4.79 Å². The smallest absolute Gasteiger partial charge is 0.246 e. The first-order valence-corrected chi connectivity index (χ1v) is 11.7. The molecule has 8 heteroatoms. The van der Waals surface area contributed by atoms with Gasteiger partial charge in [-0.05, 0) is 70.3 Å². The number of carbonyl (C=O) groups excluding carboxylic acids is 1. The maximum atomic E-state index is 11.2. The van der Waals surface area contributed by atoms with Gasteiger partial charge in [0.15, 0.2) is 11.5 Å². The normalized spacial score (nSPS) is 21.5. The molecule has 0 atom stereocenters. The van der Waals surface area contributed by atoms with Gasteiger partial charge in [-0.25, -0.2) is 9.98 Å². The molecule has 2 aromatic rings. The number of benzene rings is 1. The first-order valence-electron chi connectivity index (χ1n) is 11.7. The summed E-state index contributed by atoms with van der Waals surface area (Å²) < 4.78 is 6.16. The summed E-state index contributed by atoms with van der Waals surface area (Å²) in [5.41, 5.74) is 9.11. The van der Waals surface area contributed by atoms with Crippen LogP contribution in [0.4, 0.5) is 11.5 Å². The van der Waals surface area contributed by atoms with Crippen LogP contribution in [0, 0.1) is 12.8 Å². The lowest BCUT2D eigenvalue weighted by molar-refractivity contribution is -0.123. The number of rotatable bonds is 6. The number of carbonyl (C=O) groups is 1. The Kier molecular flexibility index (Phi) is 6.65. The number of hydrogen-bond acceptors (Lipinski definition) is 7. The fraction of sp³-hybridized carbons (Fsp3) is 0.520. The highest BCUT2D eigenvalue weighted by Gasteiger charge is 2.35. The molecule has 176 valence electrons. The van der Waals surface area contributed by atoms with Crippen molar-refractivity contribution in [2.24, 2.45) is 10.9 Å². The molecule has 1 aliphatic heterocycles. The molecule has 1 aromatic heterocycles. The number of fused-ring (bicyclic) bond motifs is 1. The zero-order valence-corrected chi connectivity index (χ0v) is 19.6. The lowest BCUT2D eigenvalue weighted by Gasteiger charge is -2.32. The van der Waals surface area contributed by atoms with Gasteiger partial charge in [0.05, 0.1) is 5.71 Å². The third-order valence-electron chi connectivity index (χ3n) is 6.66. The number of aryl methyl sites for hydroxylation is 1. The number of aliphatic hydroxyl groups is 1. The summed E-state index contributed by atoms with van der Waals surface area (Å²) in [6.07, 6.45) is 5.58. The van der Waals surface area contributed by atoms with Crippen molar-refractivity contribution >= 4 is 23.1 Å². The zero-order valence-electron chi connectivity index (χ0n) is 19.6. The van der Waals surface area contributed by atoms with Gasteiger partial charge in [-0.1, -0.05) is 24.3 Å². The van der Waals surface area contributed by atoms with Crippen molar-refractivity contribution in [3.05, 3.63) is 41.2 Å². The molecule has 1 aliphatic carbocycles. The average molecular weight is 452 g/mol. The van der Waals surface area contributed by atoms with Crippen LogP contribution in [0.2, 0.25) is 0 Å². The topological polar surface area (TPSA) is 123 Å². The molecule has 33 heavy (non-hydrogen) atoms. The van der Waals surface area contributed by atoms with Gasteiger partial charge in [-0.15, -0.1) is 0 Å². The van der Waals surface area contributed by atoms with Gasteiger partial charge in [-0.2, -0.15) is 4.98 Å². The zero-order chi connectivity index (χ0) is 23.6. The maximum absolute atomic E-state index is 11.2. The van der Waals surface area contributed by atoms with E-state index in [-0.39, 0.29) is 5.91 Å². The second-order valence-electron chi connectivity index (χ2n) is 9.52. The van der Waals surface area contributed by atoms with Crippen LogP contribution in [-0.2, 0) is 4.79 Å². The molecule has 0 bridgehead atoms. The van der Waals surface area contributed by atoms with Crippen molar-refractivity contribution in [1.82, 2.24) is 15.3 Å². The Hall–Kier alpha value is -3.00. The van der Waals surface area contributed by atoms with Gasteiger partial charge in [-0.3, -0.25) is 4.79 Å². The summed E-state index contributed by atoms with van der Waals surface area (Å²) >= 11 is 0. The number of anilines is 1. The first-order chi connectivity index (χ1) is 15.8. The second-order valence-corrected chi connectivity index (χ2v) is 9.52. The Labute approximate surface area is 194 Å². The van der Waals surface area contributed by atoms with E-state index in [1.54, 1.807) is 6.92 Å². The van der Waals surface area contributed by atoms with Crippen LogP contribution in [-0.4, -0.2) is 45.4 Å². The second kappa shape index (κ2) is 9.47. The minimum Gasteiger partial charge on any atom is -0.463 e. The quantitative estimate of drug-likeness (QED) is 0.618. The molecule has 8 nitrogen and oxygen atoms in total. The highest BCUT2D eigenvalue weighted by atomic mass is 16.5. The van der Waals surface area contributed by atoms with E-state index in [0.717, 1.165) is 43.4 Å². The van der Waals surface area contributed by atoms with E-state index in [2.05, 4.69) is 39.6 Å². The van der Waals surface area contributed by atoms with Crippen LogP contribution in [0.5, 0.6) is 5.88 Å². The summed E-state index contributed by atoms with van der Waals surface area (Å²) in [6.45, 7) is 5.96. The van der Waals surface area contributed by atoms with Crippen molar-refractivity contribution in [3.63, 3.8) is 0 Å². The number of nitrogens with zero attached hydrogens (tertiary/aromatic N) is 3. The van der Waals surface area contributed by atoms with Crippen LogP contribution in [0.15, 0.2) is 29.3 Å². The molecule has 1 saturated carbocycles. The third-order valence-corrected chi connectivity index (χ3v) is 6.66. The number of ether oxygens (including phenoxy) is 1. The predicted octanol–water partition coefficient (Wildman–Crippen LogP) is 3.43. The van der Waals surface area contributed by atoms with E-state index < -0.39 is 12.2 Å². The molecule has 4 rings (SSSR count). The largest absolute Gasteiger partial charge is 0.463 e.